The zero-order chi connectivity index (χ0) is 24.6. The third-order valence-electron chi connectivity index (χ3n) is 7.13. The lowest BCUT2D eigenvalue weighted by atomic mass is 9.79. The van der Waals surface area contributed by atoms with Crippen molar-refractivity contribution >= 4 is 29.9 Å². The number of rotatable bonds is 5. The summed E-state index contributed by atoms with van der Waals surface area (Å²) in [6.07, 6.45) is 5.73. The number of anilines is 1. The first kappa shape index (κ1) is 23.7. The van der Waals surface area contributed by atoms with E-state index in [2.05, 4.69) is 34.2 Å². The van der Waals surface area contributed by atoms with Crippen molar-refractivity contribution in [2.24, 2.45) is 10.9 Å². The highest BCUT2D eigenvalue weighted by atomic mass is 31.2. The molecule has 8 heteroatoms. The minimum Gasteiger partial charge on any atom is -0.463 e. The van der Waals surface area contributed by atoms with Crippen molar-refractivity contribution in [1.82, 2.24) is 9.97 Å². The average Bonchev–Trinajstić information content (AvgIpc) is 2.84. The van der Waals surface area contributed by atoms with Gasteiger partial charge in [0.05, 0.1) is 5.71 Å². The Morgan fingerprint density at radius 3 is 2.40 bits per heavy atom. The molecule has 3 N–H and O–H groups in total. The Morgan fingerprint density at radius 2 is 1.71 bits per heavy atom. The highest BCUT2D eigenvalue weighted by Gasteiger charge is 2.35. The van der Waals surface area contributed by atoms with Gasteiger partial charge >= 0.3 is 0 Å². The number of aliphatic imine (C=N–C) groups is 1. The van der Waals surface area contributed by atoms with Crippen LogP contribution in [0.5, 0.6) is 5.88 Å². The molecule has 7 nitrogen and oxygen atoms in total. The summed E-state index contributed by atoms with van der Waals surface area (Å²) < 4.78 is 19.0. The molecule has 0 spiro atoms. The normalized spacial score (nSPS) is 22.9. The maximum Gasteiger partial charge on any atom is 0.246 e. The van der Waals surface area contributed by atoms with E-state index < -0.39 is 13.0 Å². The Labute approximate surface area is 206 Å². The molecular formula is C27H31N4O3P. The molecule has 2 aromatic carbocycles. The van der Waals surface area contributed by atoms with Crippen molar-refractivity contribution in [2.75, 3.05) is 11.9 Å². The molecule has 35 heavy (non-hydrogen) atoms. The molecule has 2 aliphatic rings. The van der Waals surface area contributed by atoms with E-state index in [4.69, 9.17) is 15.5 Å². The van der Waals surface area contributed by atoms with Gasteiger partial charge in [-0.05, 0) is 69.1 Å². The first-order valence-corrected chi connectivity index (χ1v) is 13.9. The standard InChI is InChI=1S/C27H31N4O3P/c1-27(2)24(31-23-25(28)29-17-30-26(23)34-27)21-14-12-20(13-15-21)19-10-8-18(9-11-19)16-35(32,33)22-6-4-3-5-7-22/h3-7,12-15,17-19H,8-11,16H2,1-2H3,(H,32,33)(H2,28,29,30). The molecule has 1 unspecified atom stereocenters. The first-order valence-electron chi connectivity index (χ1n) is 12.1. The summed E-state index contributed by atoms with van der Waals surface area (Å²) in [5, 5.41) is 0.561. The Balaban J connectivity index is 1.26. The summed E-state index contributed by atoms with van der Waals surface area (Å²) in [5.74, 6) is 1.44. The summed E-state index contributed by atoms with van der Waals surface area (Å²) >= 11 is 0. The molecule has 2 heterocycles. The van der Waals surface area contributed by atoms with E-state index >= 15 is 0 Å². The fraction of sp³-hybridized carbons (Fsp3) is 0.370. The Kier molecular flexibility index (Phi) is 6.24. The van der Waals surface area contributed by atoms with Crippen LogP contribution < -0.4 is 15.8 Å². The third-order valence-corrected chi connectivity index (χ3v) is 9.25. The van der Waals surface area contributed by atoms with Crippen LogP contribution in [-0.2, 0) is 4.57 Å². The number of fused-ring (bicyclic) bond motifs is 1. The van der Waals surface area contributed by atoms with E-state index in [0.717, 1.165) is 37.0 Å². The van der Waals surface area contributed by atoms with Crippen LogP contribution in [-0.4, -0.2) is 32.3 Å². The van der Waals surface area contributed by atoms with Gasteiger partial charge in [0, 0.05) is 17.0 Å². The molecule has 1 saturated carbocycles. The molecular weight excluding hydrogens is 459 g/mol. The predicted octanol–water partition coefficient (Wildman–Crippen LogP) is 5.22. The van der Waals surface area contributed by atoms with E-state index in [-0.39, 0.29) is 5.92 Å². The summed E-state index contributed by atoms with van der Waals surface area (Å²) in [7, 11) is -3.31. The number of nitrogens with zero attached hydrogens (tertiary/aromatic N) is 3. The molecule has 182 valence electrons. The molecule has 1 fully saturated rings. The number of nitrogen functional groups attached to an aromatic ring is 1. The zero-order valence-electron chi connectivity index (χ0n) is 20.1. The van der Waals surface area contributed by atoms with Crippen LogP contribution in [0, 0.1) is 5.92 Å². The van der Waals surface area contributed by atoms with Gasteiger partial charge in [0.2, 0.25) is 13.2 Å². The van der Waals surface area contributed by atoms with E-state index in [0.29, 0.717) is 34.8 Å². The van der Waals surface area contributed by atoms with Crippen LogP contribution in [0.1, 0.15) is 56.6 Å². The van der Waals surface area contributed by atoms with Gasteiger partial charge in [-0.3, -0.25) is 4.57 Å². The topological polar surface area (TPSA) is 111 Å². The summed E-state index contributed by atoms with van der Waals surface area (Å²) in [6.45, 7) is 3.94. The van der Waals surface area contributed by atoms with Crippen LogP contribution in [0.4, 0.5) is 11.5 Å². The number of hydrogen-bond donors (Lipinski definition) is 2. The molecule has 1 aromatic heterocycles. The van der Waals surface area contributed by atoms with Crippen LogP contribution in [0.15, 0.2) is 65.9 Å². The lowest BCUT2D eigenvalue weighted by Gasteiger charge is -2.32. The molecule has 0 bridgehead atoms. The lowest BCUT2D eigenvalue weighted by Crippen LogP contribution is -2.41. The Morgan fingerprint density at radius 1 is 1.03 bits per heavy atom. The largest absolute Gasteiger partial charge is 0.463 e. The van der Waals surface area contributed by atoms with Gasteiger partial charge in [-0.1, -0.05) is 42.5 Å². The molecule has 0 amide bonds. The van der Waals surface area contributed by atoms with Crippen molar-refractivity contribution in [3.8, 4) is 5.88 Å². The van der Waals surface area contributed by atoms with E-state index in [1.807, 2.05) is 32.0 Å². The van der Waals surface area contributed by atoms with Crippen molar-refractivity contribution in [3.63, 3.8) is 0 Å². The van der Waals surface area contributed by atoms with Crippen molar-refractivity contribution in [2.45, 2.75) is 51.0 Å². The van der Waals surface area contributed by atoms with E-state index in [1.165, 1.54) is 11.9 Å². The SMILES string of the molecule is CC1(C)Oc2ncnc(N)c2N=C1c1ccc(C2CCC(CP(=O)(O)c3ccccc3)CC2)cc1. The molecule has 1 aliphatic carbocycles. The fourth-order valence-corrected chi connectivity index (χ4v) is 7.13. The molecule has 1 atom stereocenters. The van der Waals surface area contributed by atoms with Gasteiger partial charge in [-0.15, -0.1) is 0 Å². The summed E-state index contributed by atoms with van der Waals surface area (Å²) in [6, 6.07) is 17.6. The maximum absolute atomic E-state index is 12.9. The van der Waals surface area contributed by atoms with Gasteiger partial charge < -0.3 is 15.4 Å². The fourth-order valence-electron chi connectivity index (χ4n) is 5.21. The number of hydrogen-bond acceptors (Lipinski definition) is 6. The molecule has 0 radical (unpaired) electrons. The number of ether oxygens (including phenoxy) is 1. The smallest absolute Gasteiger partial charge is 0.246 e. The van der Waals surface area contributed by atoms with Crippen molar-refractivity contribution in [1.29, 1.82) is 0 Å². The maximum atomic E-state index is 12.9. The van der Waals surface area contributed by atoms with E-state index in [9.17, 15) is 9.46 Å². The number of nitrogens with two attached hydrogens (primary N) is 1. The minimum atomic E-state index is -3.31. The van der Waals surface area contributed by atoms with Crippen molar-refractivity contribution < 1.29 is 14.2 Å². The van der Waals surface area contributed by atoms with Crippen molar-refractivity contribution in [3.05, 3.63) is 72.1 Å². The highest BCUT2D eigenvalue weighted by molar-refractivity contribution is 7.66. The van der Waals surface area contributed by atoms with Gasteiger partial charge in [-0.25, -0.2) is 9.98 Å². The monoisotopic (exact) mass is 490 g/mol. The second-order valence-electron chi connectivity index (χ2n) is 10.0. The molecule has 5 rings (SSSR count). The third kappa shape index (κ3) is 4.89. The highest BCUT2D eigenvalue weighted by Crippen LogP contribution is 2.46. The number of benzene rings is 2. The first-order chi connectivity index (χ1) is 16.7. The summed E-state index contributed by atoms with van der Waals surface area (Å²) in [4.78, 5) is 23.6. The van der Waals surface area contributed by atoms with Crippen LogP contribution in [0.2, 0.25) is 0 Å². The Bertz CT molecular complexity index is 1280. The van der Waals surface area contributed by atoms with Crippen LogP contribution >= 0.6 is 7.37 Å². The predicted molar refractivity (Wildman–Crippen MR) is 139 cm³/mol. The van der Waals surface area contributed by atoms with Gasteiger partial charge in [-0.2, -0.15) is 4.98 Å². The molecule has 0 saturated heterocycles. The minimum absolute atomic E-state index is 0.281. The van der Waals surface area contributed by atoms with Gasteiger partial charge in [0.1, 0.15) is 11.9 Å². The lowest BCUT2D eigenvalue weighted by molar-refractivity contribution is 0.171. The van der Waals surface area contributed by atoms with Crippen LogP contribution in [0.25, 0.3) is 0 Å². The quantitative estimate of drug-likeness (QED) is 0.475. The van der Waals surface area contributed by atoms with Gasteiger partial charge in [0.25, 0.3) is 0 Å². The summed E-state index contributed by atoms with van der Waals surface area (Å²) in [5.41, 5.74) is 8.89. The second kappa shape index (κ2) is 9.21. The molecule has 3 aromatic rings. The van der Waals surface area contributed by atoms with Gasteiger partial charge in [0.15, 0.2) is 11.5 Å². The second-order valence-corrected chi connectivity index (χ2v) is 12.3. The zero-order valence-corrected chi connectivity index (χ0v) is 21.0. The average molecular weight is 491 g/mol. The van der Waals surface area contributed by atoms with Crippen LogP contribution in [0.3, 0.4) is 0 Å². The van der Waals surface area contributed by atoms with E-state index in [1.54, 1.807) is 12.1 Å². The Hall–Kier alpha value is -3.02. The molecule has 1 aliphatic heterocycles. The number of aromatic nitrogens is 2.